The molecule has 21 heavy (non-hydrogen) atoms. The van der Waals surface area contributed by atoms with Gasteiger partial charge in [-0.15, -0.1) is 0 Å². The van der Waals surface area contributed by atoms with Gasteiger partial charge in [-0.2, -0.15) is 48.3 Å². The summed E-state index contributed by atoms with van der Waals surface area (Å²) in [5.41, 5.74) is 0. The van der Waals surface area contributed by atoms with E-state index in [1.807, 2.05) is 0 Å². The van der Waals surface area contributed by atoms with E-state index in [-0.39, 0.29) is 0 Å². The molecule has 0 saturated carbocycles. The maximum atomic E-state index is 12.4. The Bertz CT molecular complexity index is 360. The summed E-state index contributed by atoms with van der Waals surface area (Å²) in [6.45, 7) is 0. The van der Waals surface area contributed by atoms with Crippen molar-refractivity contribution in [2.24, 2.45) is 0 Å². The maximum Gasteiger partial charge on any atom is 0.483 e. The topological polar surface area (TPSA) is 38.7 Å². The van der Waals surface area contributed by atoms with E-state index >= 15 is 0 Å². The summed E-state index contributed by atoms with van der Waals surface area (Å²) in [5.74, 6) is 0. The molecule has 0 aromatic carbocycles. The first-order valence-corrected chi connectivity index (χ1v) is 4.16. The first-order valence-electron chi connectivity index (χ1n) is 4.16. The van der Waals surface area contributed by atoms with Gasteiger partial charge in [-0.05, 0) is 0 Å². The monoisotopic (exact) mass is 350 g/mol. The molecule has 0 saturated heterocycles. The third kappa shape index (κ3) is 4.50. The first kappa shape index (κ1) is 20.0. The second-order valence-electron chi connectivity index (χ2n) is 3.15. The van der Waals surface area contributed by atoms with Crippen LogP contribution < -0.4 is 0 Å². The minimum absolute atomic E-state index is 1.48. The molecule has 0 aliphatic rings. The van der Waals surface area contributed by atoms with Gasteiger partial charge in [-0.1, -0.05) is 0 Å². The molecule has 0 fully saturated rings. The van der Waals surface area contributed by atoms with Crippen LogP contribution in [0.3, 0.4) is 0 Å². The highest BCUT2D eigenvalue weighted by atomic mass is 19.4. The van der Waals surface area contributed by atoms with Crippen LogP contribution in [0.4, 0.5) is 52.7 Å². The number of hydrogen-bond donors (Lipinski definition) is 1. The molecule has 0 rings (SSSR count). The lowest BCUT2D eigenvalue weighted by Gasteiger charge is -2.31. The third-order valence-electron chi connectivity index (χ3n) is 1.47. The zero-order chi connectivity index (χ0) is 17.5. The smallest absolute Gasteiger partial charge is 0.357 e. The summed E-state index contributed by atoms with van der Waals surface area (Å²) < 4.78 is 147. The van der Waals surface area contributed by atoms with Crippen LogP contribution in [0, 0.1) is 0 Å². The van der Waals surface area contributed by atoms with Crippen LogP contribution >= 0.6 is 0 Å². The molecule has 3 nitrogen and oxygen atoms in total. The fraction of sp³-hybridized carbons (Fsp3) is 1.00. The van der Waals surface area contributed by atoms with Crippen LogP contribution in [0.15, 0.2) is 0 Å². The van der Waals surface area contributed by atoms with Crippen molar-refractivity contribution < 1.29 is 67.3 Å². The molecule has 1 N–H and O–H groups in total. The van der Waals surface area contributed by atoms with Gasteiger partial charge < -0.3 is 5.11 Å². The maximum absolute atomic E-state index is 12.4. The molecule has 0 aromatic heterocycles. The van der Waals surface area contributed by atoms with Gasteiger partial charge in [0, 0.05) is 0 Å². The Balaban J connectivity index is 5.31. The van der Waals surface area contributed by atoms with Gasteiger partial charge in [-0.3, -0.25) is 0 Å². The first-order chi connectivity index (χ1) is 8.86. The fourth-order valence-electron chi connectivity index (χ4n) is 0.557. The average Bonchev–Trinajstić information content (AvgIpc) is 2.11. The number of hydrogen-bond acceptors (Lipinski definition) is 3. The predicted octanol–water partition coefficient (Wildman–Crippen LogP) is 3.24. The van der Waals surface area contributed by atoms with Crippen molar-refractivity contribution in [2.75, 3.05) is 0 Å². The molecule has 1 atom stereocenters. The summed E-state index contributed by atoms with van der Waals surface area (Å²) in [6.07, 6.45) is -38.2. The summed E-state index contributed by atoms with van der Waals surface area (Å²) in [6, 6.07) is 0. The molecule has 0 aliphatic heterocycles. The van der Waals surface area contributed by atoms with Crippen LogP contribution in [0.2, 0.25) is 0 Å². The minimum atomic E-state index is -6.95. The third-order valence-corrected chi connectivity index (χ3v) is 1.47. The van der Waals surface area contributed by atoms with E-state index in [9.17, 15) is 52.7 Å². The summed E-state index contributed by atoms with van der Waals surface area (Å²) in [7, 11) is 0. The number of ether oxygens (including phenoxy) is 2. The van der Waals surface area contributed by atoms with E-state index in [0.29, 0.717) is 0 Å². The number of aliphatic hydroxyl groups excluding tert-OH is 1. The Kier molecular flexibility index (Phi) is 5.10. The molecule has 15 heteroatoms. The van der Waals surface area contributed by atoms with Gasteiger partial charge in [0.2, 0.25) is 0 Å². The molecule has 1 unspecified atom stereocenters. The van der Waals surface area contributed by atoms with Gasteiger partial charge in [0.1, 0.15) is 0 Å². The Labute approximate surface area is 106 Å². The lowest BCUT2D eigenvalue weighted by Crippen LogP contribution is -2.55. The normalized spacial score (nSPS) is 17.0. The van der Waals surface area contributed by atoms with E-state index in [2.05, 4.69) is 0 Å². The molecular weight excluding hydrogens is 348 g/mol. The summed E-state index contributed by atoms with van der Waals surface area (Å²) in [5, 5.41) is 7.58. The van der Waals surface area contributed by atoms with Crippen molar-refractivity contribution in [3.05, 3.63) is 0 Å². The van der Waals surface area contributed by atoms with E-state index in [4.69, 9.17) is 5.11 Å². The number of rotatable bonds is 6. The van der Waals surface area contributed by atoms with Crippen molar-refractivity contribution in [3.8, 4) is 0 Å². The number of aliphatic hydroxyl groups is 1. The molecule has 128 valence electrons. The molecule has 0 spiro atoms. The largest absolute Gasteiger partial charge is 0.483 e. The lowest BCUT2D eigenvalue weighted by atomic mass is 10.5. The van der Waals surface area contributed by atoms with Crippen LogP contribution in [0.5, 0.6) is 0 Å². The van der Waals surface area contributed by atoms with Crippen molar-refractivity contribution in [1.82, 2.24) is 0 Å². The van der Waals surface area contributed by atoms with Crippen LogP contribution in [0.1, 0.15) is 0 Å². The van der Waals surface area contributed by atoms with Gasteiger partial charge >= 0.3 is 30.6 Å². The van der Waals surface area contributed by atoms with Gasteiger partial charge in [0.05, 0.1) is 0 Å². The summed E-state index contributed by atoms with van der Waals surface area (Å²) >= 11 is 0. The number of alkyl halides is 12. The van der Waals surface area contributed by atoms with E-state index in [1.54, 1.807) is 4.74 Å². The predicted molar refractivity (Wildman–Crippen MR) is 35.1 cm³/mol. The zero-order valence-electron chi connectivity index (χ0n) is 8.88. The summed E-state index contributed by atoms with van der Waals surface area (Å²) in [4.78, 5) is 0. The van der Waals surface area contributed by atoms with Crippen molar-refractivity contribution in [2.45, 2.75) is 37.0 Å². The van der Waals surface area contributed by atoms with Gasteiger partial charge in [0.15, 0.2) is 0 Å². The quantitative estimate of drug-likeness (QED) is 0.748. The Morgan fingerprint density at radius 3 is 1.24 bits per heavy atom. The highest BCUT2D eigenvalue weighted by Crippen LogP contribution is 2.47. The Morgan fingerprint density at radius 1 is 0.619 bits per heavy atom. The fourth-order valence-corrected chi connectivity index (χ4v) is 0.557. The molecule has 0 amide bonds. The van der Waals surface area contributed by atoms with Crippen molar-refractivity contribution in [3.63, 3.8) is 0 Å². The Hall–Kier alpha value is -0.960. The molecule has 0 aromatic rings. The van der Waals surface area contributed by atoms with Gasteiger partial charge in [0.25, 0.3) is 6.36 Å². The lowest BCUT2D eigenvalue weighted by molar-refractivity contribution is -0.542. The van der Waals surface area contributed by atoms with E-state index in [1.165, 1.54) is 4.74 Å². The Morgan fingerprint density at radius 2 is 0.952 bits per heavy atom. The van der Waals surface area contributed by atoms with E-state index in [0.717, 1.165) is 0 Å². The molecule has 0 bridgehead atoms. The minimum Gasteiger partial charge on any atom is -0.357 e. The molecule has 0 radical (unpaired) electrons. The van der Waals surface area contributed by atoms with Crippen molar-refractivity contribution >= 4 is 0 Å². The highest BCUT2D eigenvalue weighted by molar-refractivity contribution is 4.75. The second-order valence-corrected chi connectivity index (χ2v) is 3.15. The molecule has 0 aliphatic carbocycles. The highest BCUT2D eigenvalue weighted by Gasteiger charge is 2.73. The van der Waals surface area contributed by atoms with Crippen molar-refractivity contribution in [1.29, 1.82) is 0 Å². The van der Waals surface area contributed by atoms with Gasteiger partial charge in [-0.25, -0.2) is 13.9 Å². The molecular formula is C6H2F12O3. The SMILES string of the molecule is OC(F)C(F)(F)OC(F)(F)C(F)(F)OC(F)(F)C(F)(F)F. The standard InChI is InChI=1S/C6H2F12O3/c7-1(19)2(8,9)20-5(15,16)6(17,18)21-4(13,14)3(10,11)12/h1,19H. The zero-order valence-corrected chi connectivity index (χ0v) is 8.88. The van der Waals surface area contributed by atoms with Crippen LogP contribution in [-0.4, -0.2) is 42.1 Å². The van der Waals surface area contributed by atoms with E-state index < -0.39 is 37.0 Å². The van der Waals surface area contributed by atoms with Crippen LogP contribution in [-0.2, 0) is 9.47 Å². The average molecular weight is 350 g/mol. The second kappa shape index (κ2) is 5.35. The molecule has 0 heterocycles. The number of halogens is 12. The van der Waals surface area contributed by atoms with Crippen LogP contribution in [0.25, 0.3) is 0 Å².